The predicted octanol–water partition coefficient (Wildman–Crippen LogP) is 6.55. The number of imidazole rings is 1. The van der Waals surface area contributed by atoms with Crippen molar-refractivity contribution in [2.24, 2.45) is 5.41 Å². The second kappa shape index (κ2) is 6.40. The summed E-state index contributed by atoms with van der Waals surface area (Å²) < 4.78 is 0. The van der Waals surface area contributed by atoms with E-state index < -0.39 is 0 Å². The van der Waals surface area contributed by atoms with E-state index in [0.29, 0.717) is 6.42 Å². The summed E-state index contributed by atoms with van der Waals surface area (Å²) in [5, 5.41) is 5.72. The SMILES string of the molecule is CC1(C)CC(=O)C2=C(C1)Nc1ccc3[nH]cnc3c1C2c1ccc(-c2cccs2)s1. The van der Waals surface area contributed by atoms with Crippen LogP contribution < -0.4 is 5.32 Å². The lowest BCUT2D eigenvalue weighted by Gasteiger charge is -2.39. The van der Waals surface area contributed by atoms with Gasteiger partial charge in [-0.3, -0.25) is 4.79 Å². The normalized spacial score (nSPS) is 20.2. The number of carbonyl (C=O) groups is 1. The molecule has 0 amide bonds. The average molecular weight is 432 g/mol. The van der Waals surface area contributed by atoms with Crippen molar-refractivity contribution in [3.8, 4) is 9.75 Å². The molecule has 1 aliphatic heterocycles. The van der Waals surface area contributed by atoms with Crippen LogP contribution in [0.1, 0.15) is 43.0 Å². The molecule has 4 heterocycles. The van der Waals surface area contributed by atoms with Gasteiger partial charge in [-0.15, -0.1) is 22.7 Å². The summed E-state index contributed by atoms with van der Waals surface area (Å²) in [6.07, 6.45) is 3.20. The van der Waals surface area contributed by atoms with Crippen LogP contribution in [0.25, 0.3) is 20.8 Å². The molecule has 6 rings (SSSR count). The molecule has 0 fully saturated rings. The maximum Gasteiger partial charge on any atom is 0.162 e. The highest BCUT2D eigenvalue weighted by molar-refractivity contribution is 7.21. The summed E-state index contributed by atoms with van der Waals surface area (Å²) in [7, 11) is 0. The van der Waals surface area contributed by atoms with E-state index in [2.05, 4.69) is 70.9 Å². The number of thiophene rings is 2. The first kappa shape index (κ1) is 18.1. The number of fused-ring (bicyclic) bond motifs is 3. The molecule has 150 valence electrons. The third-order valence-corrected chi connectivity index (χ3v) is 8.30. The molecule has 2 aliphatic rings. The predicted molar refractivity (Wildman–Crippen MR) is 124 cm³/mol. The Balaban J connectivity index is 1.59. The Morgan fingerprint density at radius 2 is 2.00 bits per heavy atom. The summed E-state index contributed by atoms with van der Waals surface area (Å²) in [6.45, 7) is 4.36. The van der Waals surface area contributed by atoms with Crippen molar-refractivity contribution in [2.75, 3.05) is 5.32 Å². The van der Waals surface area contributed by atoms with Crippen molar-refractivity contribution in [2.45, 2.75) is 32.6 Å². The molecule has 0 saturated carbocycles. The molecule has 0 radical (unpaired) electrons. The first-order valence-corrected chi connectivity index (χ1v) is 11.8. The molecule has 0 bridgehead atoms. The molecular weight excluding hydrogens is 410 g/mol. The van der Waals surface area contributed by atoms with Gasteiger partial charge in [0.25, 0.3) is 0 Å². The van der Waals surface area contributed by atoms with Crippen LogP contribution in [0.3, 0.4) is 0 Å². The van der Waals surface area contributed by atoms with E-state index in [9.17, 15) is 4.79 Å². The number of nitrogens with zero attached hydrogens (tertiary/aromatic N) is 1. The van der Waals surface area contributed by atoms with Crippen molar-refractivity contribution in [3.63, 3.8) is 0 Å². The fourth-order valence-electron chi connectivity index (χ4n) is 4.86. The number of Topliss-reactive ketones (excluding diaryl/α,β-unsaturated/α-hetero) is 1. The van der Waals surface area contributed by atoms with Crippen LogP contribution >= 0.6 is 22.7 Å². The smallest absolute Gasteiger partial charge is 0.162 e. The molecule has 4 nitrogen and oxygen atoms in total. The number of allylic oxidation sites excluding steroid dienone is 2. The monoisotopic (exact) mass is 431 g/mol. The minimum atomic E-state index is -0.0782. The second-order valence-electron chi connectivity index (χ2n) is 8.90. The number of hydrogen-bond donors (Lipinski definition) is 2. The Morgan fingerprint density at radius 3 is 2.83 bits per heavy atom. The minimum absolute atomic E-state index is 0.0288. The number of nitrogens with one attached hydrogen (secondary N) is 2. The van der Waals surface area contributed by atoms with Crippen LogP contribution in [0, 0.1) is 5.41 Å². The second-order valence-corrected chi connectivity index (χ2v) is 11.0. The molecular formula is C24H21N3OS2. The molecule has 30 heavy (non-hydrogen) atoms. The highest BCUT2D eigenvalue weighted by Crippen LogP contribution is 2.52. The van der Waals surface area contributed by atoms with Gasteiger partial charge in [-0.25, -0.2) is 4.98 Å². The zero-order valence-electron chi connectivity index (χ0n) is 16.8. The number of ketones is 1. The molecule has 4 aromatic rings. The van der Waals surface area contributed by atoms with Crippen LogP contribution in [0.2, 0.25) is 0 Å². The minimum Gasteiger partial charge on any atom is -0.358 e. The first-order chi connectivity index (χ1) is 14.5. The third-order valence-electron chi connectivity index (χ3n) is 6.09. The summed E-state index contributed by atoms with van der Waals surface area (Å²) in [6, 6.07) is 12.8. The van der Waals surface area contributed by atoms with Gasteiger partial charge in [-0.1, -0.05) is 19.9 Å². The highest BCUT2D eigenvalue weighted by Gasteiger charge is 2.42. The number of rotatable bonds is 2. The molecule has 1 atom stereocenters. The van der Waals surface area contributed by atoms with Gasteiger partial charge in [0.2, 0.25) is 0 Å². The van der Waals surface area contributed by atoms with Gasteiger partial charge in [-0.2, -0.15) is 0 Å². The molecule has 1 aliphatic carbocycles. The maximum atomic E-state index is 13.4. The van der Waals surface area contributed by atoms with E-state index in [-0.39, 0.29) is 17.1 Å². The Morgan fingerprint density at radius 1 is 1.10 bits per heavy atom. The molecule has 2 N–H and O–H groups in total. The van der Waals surface area contributed by atoms with Gasteiger partial charge in [0.1, 0.15) is 0 Å². The van der Waals surface area contributed by atoms with Gasteiger partial charge in [0.15, 0.2) is 5.78 Å². The van der Waals surface area contributed by atoms with E-state index in [0.717, 1.165) is 40.0 Å². The number of benzene rings is 1. The van der Waals surface area contributed by atoms with Crippen molar-refractivity contribution in [1.82, 2.24) is 9.97 Å². The number of aromatic nitrogens is 2. The Hall–Kier alpha value is -2.70. The Kier molecular flexibility index (Phi) is 3.86. The maximum absolute atomic E-state index is 13.4. The highest BCUT2D eigenvalue weighted by atomic mass is 32.1. The van der Waals surface area contributed by atoms with Crippen LogP contribution in [0.15, 0.2) is 59.4 Å². The van der Waals surface area contributed by atoms with Crippen LogP contribution in [-0.2, 0) is 4.79 Å². The summed E-state index contributed by atoms with van der Waals surface area (Å²) >= 11 is 3.54. The molecule has 1 unspecified atom stereocenters. The number of H-pyrrole nitrogens is 1. The molecule has 6 heteroatoms. The lowest BCUT2D eigenvalue weighted by molar-refractivity contribution is -0.118. The lowest BCUT2D eigenvalue weighted by Crippen LogP contribution is -2.33. The molecule has 0 saturated heterocycles. The van der Waals surface area contributed by atoms with E-state index in [1.54, 1.807) is 29.0 Å². The van der Waals surface area contributed by atoms with Gasteiger partial charge in [0, 0.05) is 43.6 Å². The zero-order chi connectivity index (χ0) is 20.5. The Bertz CT molecular complexity index is 1320. The summed E-state index contributed by atoms with van der Waals surface area (Å²) in [4.78, 5) is 25.0. The number of carbonyl (C=O) groups excluding carboxylic acids is 1. The largest absolute Gasteiger partial charge is 0.358 e. The number of hydrogen-bond acceptors (Lipinski definition) is 5. The molecule has 0 spiro atoms. The van der Waals surface area contributed by atoms with Crippen molar-refractivity contribution in [1.29, 1.82) is 0 Å². The lowest BCUT2D eigenvalue weighted by atomic mass is 9.70. The standard InChI is InChI=1S/C24H21N3OS2/c1-24(2)10-15-20(16(28)11-24)22(19-8-7-18(30-19)17-4-3-9-29-17)21-13(27-15)5-6-14-23(21)26-12-25-14/h3-9,12,22,27H,10-11H2,1-2H3,(H,25,26). The average Bonchev–Trinajstić information content (AvgIpc) is 3.45. The molecule has 3 aromatic heterocycles. The van der Waals surface area contributed by atoms with Crippen LogP contribution in [0.5, 0.6) is 0 Å². The fraction of sp³-hybridized carbons (Fsp3) is 0.250. The van der Waals surface area contributed by atoms with Crippen molar-refractivity contribution >= 4 is 45.2 Å². The van der Waals surface area contributed by atoms with Crippen LogP contribution in [0.4, 0.5) is 5.69 Å². The third kappa shape index (κ3) is 2.71. The topological polar surface area (TPSA) is 57.8 Å². The van der Waals surface area contributed by atoms with E-state index in [1.165, 1.54) is 14.6 Å². The Labute approximate surface area is 182 Å². The van der Waals surface area contributed by atoms with Gasteiger partial charge in [-0.05, 0) is 47.5 Å². The van der Waals surface area contributed by atoms with Gasteiger partial charge in [0.05, 0.1) is 23.3 Å². The number of aromatic amines is 1. The first-order valence-electron chi connectivity index (χ1n) is 10.1. The van der Waals surface area contributed by atoms with Crippen LogP contribution in [-0.4, -0.2) is 15.8 Å². The fourth-order valence-corrected chi connectivity index (χ4v) is 6.83. The van der Waals surface area contributed by atoms with Gasteiger partial charge >= 0.3 is 0 Å². The van der Waals surface area contributed by atoms with E-state index in [1.807, 2.05) is 0 Å². The quantitative estimate of drug-likeness (QED) is 0.378. The molecule has 1 aromatic carbocycles. The van der Waals surface area contributed by atoms with Crippen molar-refractivity contribution in [3.05, 3.63) is 69.8 Å². The number of anilines is 1. The van der Waals surface area contributed by atoms with Crippen molar-refractivity contribution < 1.29 is 4.79 Å². The summed E-state index contributed by atoms with van der Waals surface area (Å²) in [5.41, 5.74) is 6.10. The zero-order valence-corrected chi connectivity index (χ0v) is 18.4. The van der Waals surface area contributed by atoms with E-state index >= 15 is 0 Å². The van der Waals surface area contributed by atoms with E-state index in [4.69, 9.17) is 0 Å². The summed E-state index contributed by atoms with van der Waals surface area (Å²) in [5.74, 6) is 0.175. The van der Waals surface area contributed by atoms with Gasteiger partial charge < -0.3 is 10.3 Å².